The fraction of sp³-hybridized carbons (Fsp3) is 0.938. The Morgan fingerprint density at radius 3 is 2.80 bits per heavy atom. The summed E-state index contributed by atoms with van der Waals surface area (Å²) in [7, 11) is 2.19. The Bertz CT molecular complexity index is 346. The molecule has 2 rings (SSSR count). The first-order valence-corrected chi connectivity index (χ1v) is 8.05. The highest BCUT2D eigenvalue weighted by Crippen LogP contribution is 2.31. The standard InChI is InChI=1S/C16H29N3O/c1-13(2)18-16(12-17)8-4-6-14(10-16)19(3)11-15-7-5-9-20-15/h13-15,18H,4-11H2,1-3H3. The number of nitrogens with one attached hydrogen (secondary N) is 1. The first-order valence-electron chi connectivity index (χ1n) is 8.05. The Labute approximate surface area is 123 Å². The molecule has 2 fully saturated rings. The maximum atomic E-state index is 9.62. The fourth-order valence-electron chi connectivity index (χ4n) is 3.70. The van der Waals surface area contributed by atoms with Crippen LogP contribution in [0.2, 0.25) is 0 Å². The van der Waals surface area contributed by atoms with Crippen LogP contribution in [0.5, 0.6) is 0 Å². The third-order valence-electron chi connectivity index (χ3n) is 4.64. The molecule has 1 N–H and O–H groups in total. The number of hydrogen-bond acceptors (Lipinski definition) is 4. The van der Waals surface area contributed by atoms with E-state index in [-0.39, 0.29) is 5.54 Å². The summed E-state index contributed by atoms with van der Waals surface area (Å²) in [5.74, 6) is 0. The first kappa shape index (κ1) is 15.8. The van der Waals surface area contributed by atoms with Crippen molar-refractivity contribution in [3.8, 4) is 6.07 Å². The third-order valence-corrected chi connectivity index (χ3v) is 4.64. The van der Waals surface area contributed by atoms with Gasteiger partial charge in [-0.3, -0.25) is 5.32 Å². The van der Waals surface area contributed by atoms with Gasteiger partial charge in [-0.1, -0.05) is 0 Å². The van der Waals surface area contributed by atoms with Crippen molar-refractivity contribution in [2.24, 2.45) is 0 Å². The number of hydrogen-bond donors (Lipinski definition) is 1. The SMILES string of the molecule is CC(C)NC1(C#N)CCCC(N(C)CC2CCCO2)C1. The van der Waals surface area contributed by atoms with Crippen molar-refractivity contribution in [3.63, 3.8) is 0 Å². The highest BCUT2D eigenvalue weighted by Gasteiger charge is 2.38. The van der Waals surface area contributed by atoms with Gasteiger partial charge in [0.2, 0.25) is 0 Å². The second-order valence-electron chi connectivity index (χ2n) is 6.82. The van der Waals surface area contributed by atoms with Crippen LogP contribution in [0.15, 0.2) is 0 Å². The normalized spacial score (nSPS) is 34.6. The lowest BCUT2D eigenvalue weighted by molar-refractivity contribution is 0.0524. The lowest BCUT2D eigenvalue weighted by atomic mass is 9.79. The Hall–Kier alpha value is -0.630. The largest absolute Gasteiger partial charge is 0.377 e. The van der Waals surface area contributed by atoms with Crippen molar-refractivity contribution in [1.29, 1.82) is 5.26 Å². The Kier molecular flexibility index (Phi) is 5.42. The summed E-state index contributed by atoms with van der Waals surface area (Å²) in [6, 6.07) is 3.42. The van der Waals surface area contributed by atoms with Crippen LogP contribution >= 0.6 is 0 Å². The van der Waals surface area contributed by atoms with Crippen LogP contribution in [0.3, 0.4) is 0 Å². The molecule has 0 aromatic heterocycles. The van der Waals surface area contributed by atoms with Crippen molar-refractivity contribution in [2.75, 3.05) is 20.2 Å². The van der Waals surface area contributed by atoms with E-state index in [0.717, 1.165) is 32.4 Å². The van der Waals surface area contributed by atoms with Crippen molar-refractivity contribution >= 4 is 0 Å². The molecule has 3 unspecified atom stereocenters. The molecule has 0 aromatic rings. The van der Waals surface area contributed by atoms with Gasteiger partial charge in [-0.05, 0) is 59.4 Å². The lowest BCUT2D eigenvalue weighted by Crippen LogP contribution is -2.54. The molecule has 1 heterocycles. The van der Waals surface area contributed by atoms with E-state index in [1.165, 1.54) is 19.3 Å². The van der Waals surface area contributed by atoms with Gasteiger partial charge in [0.1, 0.15) is 5.54 Å². The molecule has 2 aliphatic rings. The minimum atomic E-state index is -0.331. The number of likely N-dealkylation sites (N-methyl/N-ethyl adjacent to an activating group) is 1. The summed E-state index contributed by atoms with van der Waals surface area (Å²) in [4.78, 5) is 2.42. The summed E-state index contributed by atoms with van der Waals surface area (Å²) in [5.41, 5.74) is -0.331. The summed E-state index contributed by atoms with van der Waals surface area (Å²) in [5, 5.41) is 13.1. The predicted octanol–water partition coefficient (Wildman–Crippen LogP) is 2.30. The topological polar surface area (TPSA) is 48.3 Å². The van der Waals surface area contributed by atoms with E-state index in [0.29, 0.717) is 18.2 Å². The molecule has 114 valence electrons. The molecule has 1 saturated carbocycles. The highest BCUT2D eigenvalue weighted by atomic mass is 16.5. The second kappa shape index (κ2) is 6.89. The molecular formula is C16H29N3O. The van der Waals surface area contributed by atoms with Crippen molar-refractivity contribution in [2.45, 2.75) is 76.1 Å². The van der Waals surface area contributed by atoms with Gasteiger partial charge in [-0.15, -0.1) is 0 Å². The smallest absolute Gasteiger partial charge is 0.108 e. The molecule has 4 heteroatoms. The highest BCUT2D eigenvalue weighted by molar-refractivity contribution is 5.11. The molecule has 4 nitrogen and oxygen atoms in total. The van der Waals surface area contributed by atoms with E-state index in [2.05, 4.69) is 37.2 Å². The Balaban J connectivity index is 1.92. The van der Waals surface area contributed by atoms with E-state index in [9.17, 15) is 5.26 Å². The molecule has 1 aliphatic carbocycles. The van der Waals surface area contributed by atoms with E-state index < -0.39 is 0 Å². The van der Waals surface area contributed by atoms with Crippen LogP contribution in [0, 0.1) is 11.3 Å². The summed E-state index contributed by atoms with van der Waals surface area (Å²) in [6.45, 7) is 6.17. The quantitative estimate of drug-likeness (QED) is 0.839. The molecule has 1 saturated heterocycles. The molecule has 3 atom stereocenters. The molecule has 0 radical (unpaired) electrons. The van der Waals surface area contributed by atoms with Crippen molar-refractivity contribution < 1.29 is 4.74 Å². The van der Waals surface area contributed by atoms with Crippen LogP contribution < -0.4 is 5.32 Å². The average molecular weight is 279 g/mol. The third kappa shape index (κ3) is 3.94. The van der Waals surface area contributed by atoms with Crippen LogP contribution in [-0.4, -0.2) is 48.8 Å². The minimum Gasteiger partial charge on any atom is -0.377 e. The zero-order valence-corrected chi connectivity index (χ0v) is 13.2. The average Bonchev–Trinajstić information content (AvgIpc) is 2.91. The molecule has 1 aliphatic heterocycles. The maximum absolute atomic E-state index is 9.62. The summed E-state index contributed by atoms with van der Waals surface area (Å²) in [6.07, 6.45) is 7.03. The van der Waals surface area contributed by atoms with E-state index in [1.807, 2.05) is 0 Å². The van der Waals surface area contributed by atoms with Crippen molar-refractivity contribution in [1.82, 2.24) is 10.2 Å². The summed E-state index contributed by atoms with van der Waals surface area (Å²) < 4.78 is 5.73. The lowest BCUT2D eigenvalue weighted by Gasteiger charge is -2.41. The Morgan fingerprint density at radius 1 is 1.40 bits per heavy atom. The first-order chi connectivity index (χ1) is 9.54. The van der Waals surface area contributed by atoms with Crippen LogP contribution in [0.25, 0.3) is 0 Å². The minimum absolute atomic E-state index is 0.331. The molecule has 0 aromatic carbocycles. The molecule has 20 heavy (non-hydrogen) atoms. The number of nitriles is 1. The zero-order valence-electron chi connectivity index (χ0n) is 13.2. The fourth-order valence-corrected chi connectivity index (χ4v) is 3.70. The van der Waals surface area contributed by atoms with E-state index >= 15 is 0 Å². The number of rotatable bonds is 5. The van der Waals surface area contributed by atoms with Gasteiger partial charge < -0.3 is 9.64 Å². The monoisotopic (exact) mass is 279 g/mol. The predicted molar refractivity (Wildman–Crippen MR) is 80.5 cm³/mol. The van der Waals surface area contributed by atoms with Gasteiger partial charge in [-0.2, -0.15) is 5.26 Å². The maximum Gasteiger partial charge on any atom is 0.108 e. The van der Waals surface area contributed by atoms with Gasteiger partial charge >= 0.3 is 0 Å². The van der Waals surface area contributed by atoms with Gasteiger partial charge in [-0.25, -0.2) is 0 Å². The molecule has 0 bridgehead atoms. The molecule has 0 spiro atoms. The van der Waals surface area contributed by atoms with Gasteiger partial charge in [0.05, 0.1) is 12.2 Å². The van der Waals surface area contributed by atoms with E-state index in [4.69, 9.17) is 4.74 Å². The number of nitrogens with zero attached hydrogens (tertiary/aromatic N) is 2. The van der Waals surface area contributed by atoms with Crippen LogP contribution in [0.1, 0.15) is 52.4 Å². The molecule has 0 amide bonds. The summed E-state index contributed by atoms with van der Waals surface area (Å²) >= 11 is 0. The van der Waals surface area contributed by atoms with Crippen LogP contribution in [0.4, 0.5) is 0 Å². The Morgan fingerprint density at radius 2 is 2.20 bits per heavy atom. The van der Waals surface area contributed by atoms with Gasteiger partial charge in [0.15, 0.2) is 0 Å². The number of ether oxygens (including phenoxy) is 1. The second-order valence-corrected chi connectivity index (χ2v) is 6.82. The van der Waals surface area contributed by atoms with Crippen molar-refractivity contribution in [3.05, 3.63) is 0 Å². The van der Waals surface area contributed by atoms with Gasteiger partial charge in [0.25, 0.3) is 0 Å². The van der Waals surface area contributed by atoms with Gasteiger partial charge in [0, 0.05) is 25.2 Å². The van der Waals surface area contributed by atoms with Crippen LogP contribution in [-0.2, 0) is 4.74 Å². The zero-order chi connectivity index (χ0) is 14.6. The van der Waals surface area contributed by atoms with E-state index in [1.54, 1.807) is 0 Å². The molecular weight excluding hydrogens is 250 g/mol.